The molecule has 2 N–H and O–H groups in total. The number of esters is 1. The van der Waals surface area contributed by atoms with Crippen LogP contribution < -0.4 is 5.73 Å². The van der Waals surface area contributed by atoms with Crippen molar-refractivity contribution >= 4 is 5.97 Å². The van der Waals surface area contributed by atoms with Gasteiger partial charge in [0.1, 0.15) is 0 Å². The summed E-state index contributed by atoms with van der Waals surface area (Å²) >= 11 is 0. The number of ether oxygens (including phenoxy) is 1. The Balaban J connectivity index is 3.99. The molecule has 0 spiro atoms. The van der Waals surface area contributed by atoms with E-state index in [1.54, 1.807) is 6.92 Å². The van der Waals surface area contributed by atoms with Gasteiger partial charge < -0.3 is 4.74 Å². The predicted octanol–water partition coefficient (Wildman–Crippen LogP) is 0.880. The highest BCUT2D eigenvalue weighted by Gasteiger charge is 2.25. The Hall–Kier alpha value is -0.570. The number of hydrogen-bond donors (Lipinski definition) is 1. The first-order valence-corrected chi connectivity index (χ1v) is 3.34. The molecule has 3 nitrogen and oxygen atoms in total. The van der Waals surface area contributed by atoms with Crippen LogP contribution in [0.5, 0.6) is 0 Å². The fraction of sp³-hybridized carbons (Fsp3) is 0.857. The largest absolute Gasteiger partial charge is 0.444 e. The van der Waals surface area contributed by atoms with E-state index in [0.717, 1.165) is 0 Å². The predicted molar refractivity (Wildman–Crippen MR) is 39.2 cm³/mol. The van der Waals surface area contributed by atoms with Crippen LogP contribution in [0.4, 0.5) is 0 Å². The van der Waals surface area contributed by atoms with Gasteiger partial charge in [-0.05, 0) is 6.92 Å². The van der Waals surface area contributed by atoms with Crippen LogP contribution in [0.3, 0.4) is 0 Å². The van der Waals surface area contributed by atoms with Gasteiger partial charge in [-0.25, -0.2) is 0 Å². The highest BCUT2D eigenvalue weighted by atomic mass is 16.6. The number of nitrogens with two attached hydrogens (primary N) is 1. The molecular weight excluding hydrogens is 130 g/mol. The maximum atomic E-state index is 10.5. The van der Waals surface area contributed by atoms with E-state index in [4.69, 9.17) is 10.5 Å². The number of hydrogen-bond acceptors (Lipinski definition) is 3. The lowest BCUT2D eigenvalue weighted by molar-refractivity contribution is -0.159. The van der Waals surface area contributed by atoms with Crippen LogP contribution in [0.1, 0.15) is 27.7 Å². The summed E-state index contributed by atoms with van der Waals surface area (Å²) in [7, 11) is 0. The van der Waals surface area contributed by atoms with Gasteiger partial charge in [-0.3, -0.25) is 10.5 Å². The van der Waals surface area contributed by atoms with Crippen molar-refractivity contribution in [2.75, 3.05) is 0 Å². The summed E-state index contributed by atoms with van der Waals surface area (Å²) in [4.78, 5) is 10.5. The first kappa shape index (κ1) is 9.43. The van der Waals surface area contributed by atoms with Crippen molar-refractivity contribution < 1.29 is 9.53 Å². The van der Waals surface area contributed by atoms with Gasteiger partial charge in [0.15, 0.2) is 5.72 Å². The second-order valence-corrected chi connectivity index (χ2v) is 2.93. The molecule has 0 bridgehead atoms. The van der Waals surface area contributed by atoms with E-state index in [1.165, 1.54) is 6.92 Å². The molecule has 0 heterocycles. The molecule has 0 fully saturated rings. The third-order valence-corrected chi connectivity index (χ3v) is 1.51. The molecule has 0 amide bonds. The zero-order chi connectivity index (χ0) is 8.36. The van der Waals surface area contributed by atoms with Crippen molar-refractivity contribution in [2.45, 2.75) is 33.4 Å². The molecule has 0 aromatic carbocycles. The molecule has 0 radical (unpaired) electrons. The summed E-state index contributed by atoms with van der Waals surface area (Å²) in [5.41, 5.74) is 4.79. The SMILES string of the molecule is CC(=O)OC(C)(N)C(C)C. The molecule has 0 aromatic heterocycles. The van der Waals surface area contributed by atoms with Crippen LogP contribution >= 0.6 is 0 Å². The van der Waals surface area contributed by atoms with Gasteiger partial charge in [-0.15, -0.1) is 0 Å². The van der Waals surface area contributed by atoms with E-state index in [0.29, 0.717) is 0 Å². The zero-order valence-corrected chi connectivity index (χ0v) is 6.97. The van der Waals surface area contributed by atoms with E-state index in [2.05, 4.69) is 0 Å². The average Bonchev–Trinajstić information content (AvgIpc) is 1.60. The molecule has 0 aromatic rings. The van der Waals surface area contributed by atoms with Crippen molar-refractivity contribution in [2.24, 2.45) is 11.7 Å². The summed E-state index contributed by atoms with van der Waals surface area (Å²) in [6.07, 6.45) is 0. The quantitative estimate of drug-likeness (QED) is 0.463. The maximum absolute atomic E-state index is 10.5. The number of carbonyl (C=O) groups excluding carboxylic acids is 1. The fourth-order valence-electron chi connectivity index (χ4n) is 0.428. The first-order valence-electron chi connectivity index (χ1n) is 3.34. The lowest BCUT2D eigenvalue weighted by Gasteiger charge is -2.27. The van der Waals surface area contributed by atoms with E-state index in [1.807, 2.05) is 13.8 Å². The van der Waals surface area contributed by atoms with Crippen LogP contribution in [0, 0.1) is 5.92 Å². The van der Waals surface area contributed by atoms with Crippen LogP contribution in [-0.4, -0.2) is 11.7 Å². The second-order valence-electron chi connectivity index (χ2n) is 2.93. The minimum Gasteiger partial charge on any atom is -0.444 e. The molecule has 0 aliphatic carbocycles. The van der Waals surface area contributed by atoms with Gasteiger partial charge >= 0.3 is 5.97 Å². The van der Waals surface area contributed by atoms with E-state index < -0.39 is 5.72 Å². The zero-order valence-electron chi connectivity index (χ0n) is 6.97. The molecule has 10 heavy (non-hydrogen) atoms. The van der Waals surface area contributed by atoms with Crippen LogP contribution in [0.2, 0.25) is 0 Å². The summed E-state index contributed by atoms with van der Waals surface area (Å²) < 4.78 is 4.84. The van der Waals surface area contributed by atoms with E-state index >= 15 is 0 Å². The highest BCUT2D eigenvalue weighted by Crippen LogP contribution is 2.13. The van der Waals surface area contributed by atoms with E-state index in [-0.39, 0.29) is 11.9 Å². The topological polar surface area (TPSA) is 52.3 Å². The Bertz CT molecular complexity index is 130. The average molecular weight is 145 g/mol. The Labute approximate surface area is 61.5 Å². The van der Waals surface area contributed by atoms with Crippen molar-refractivity contribution in [3.8, 4) is 0 Å². The van der Waals surface area contributed by atoms with E-state index in [9.17, 15) is 4.79 Å². The standard InChI is InChI=1S/C7H15NO2/c1-5(2)7(4,8)10-6(3)9/h5H,8H2,1-4H3. The normalized spacial score (nSPS) is 16.6. The van der Waals surface area contributed by atoms with Crippen LogP contribution in [0.25, 0.3) is 0 Å². The lowest BCUT2D eigenvalue weighted by atomic mass is 10.0. The highest BCUT2D eigenvalue weighted by molar-refractivity contribution is 5.66. The van der Waals surface area contributed by atoms with Gasteiger partial charge in [0.2, 0.25) is 0 Å². The number of rotatable bonds is 2. The molecule has 0 saturated carbocycles. The molecule has 1 atom stereocenters. The summed E-state index contributed by atoms with van der Waals surface area (Å²) in [6.45, 7) is 6.86. The first-order chi connectivity index (χ1) is 4.36. The third kappa shape index (κ3) is 2.82. The summed E-state index contributed by atoms with van der Waals surface area (Å²) in [6, 6.07) is 0. The molecule has 0 rings (SSSR count). The number of carbonyl (C=O) groups is 1. The smallest absolute Gasteiger partial charge is 0.304 e. The molecule has 0 aliphatic rings. The molecule has 0 saturated heterocycles. The maximum Gasteiger partial charge on any atom is 0.304 e. The second kappa shape index (κ2) is 3.01. The van der Waals surface area contributed by atoms with Crippen molar-refractivity contribution in [1.29, 1.82) is 0 Å². The lowest BCUT2D eigenvalue weighted by Crippen LogP contribution is -2.45. The Morgan fingerprint density at radius 1 is 1.60 bits per heavy atom. The minimum absolute atomic E-state index is 0.136. The van der Waals surface area contributed by atoms with Gasteiger partial charge in [-0.2, -0.15) is 0 Å². The molecule has 60 valence electrons. The van der Waals surface area contributed by atoms with Crippen LogP contribution in [-0.2, 0) is 9.53 Å². The molecule has 3 heteroatoms. The van der Waals surface area contributed by atoms with Gasteiger partial charge in [-0.1, -0.05) is 13.8 Å². The molecule has 1 unspecified atom stereocenters. The Kier molecular flexibility index (Phi) is 2.84. The Morgan fingerprint density at radius 3 is 2.10 bits per heavy atom. The van der Waals surface area contributed by atoms with Crippen molar-refractivity contribution in [1.82, 2.24) is 0 Å². The van der Waals surface area contributed by atoms with Gasteiger partial charge in [0.25, 0.3) is 0 Å². The minimum atomic E-state index is -0.828. The molecular formula is C7H15NO2. The van der Waals surface area contributed by atoms with Gasteiger partial charge in [0, 0.05) is 12.8 Å². The Morgan fingerprint density at radius 2 is 2.00 bits per heavy atom. The van der Waals surface area contributed by atoms with Crippen molar-refractivity contribution in [3.63, 3.8) is 0 Å². The summed E-state index contributed by atoms with van der Waals surface area (Å²) in [5.74, 6) is -0.199. The van der Waals surface area contributed by atoms with Crippen molar-refractivity contribution in [3.05, 3.63) is 0 Å². The van der Waals surface area contributed by atoms with Gasteiger partial charge in [0.05, 0.1) is 0 Å². The third-order valence-electron chi connectivity index (χ3n) is 1.51. The fourth-order valence-corrected chi connectivity index (χ4v) is 0.428. The monoisotopic (exact) mass is 145 g/mol. The molecule has 0 aliphatic heterocycles. The summed E-state index contributed by atoms with van der Waals surface area (Å²) in [5, 5.41) is 0. The van der Waals surface area contributed by atoms with Crippen LogP contribution in [0.15, 0.2) is 0 Å².